The van der Waals surface area contributed by atoms with Crippen LogP contribution in [0.25, 0.3) is 0 Å². The minimum absolute atomic E-state index is 0.138. The number of hydrogen-bond acceptors (Lipinski definition) is 3. The van der Waals surface area contributed by atoms with Crippen LogP contribution in [0.4, 0.5) is 4.79 Å². The number of hydrogen-bond donors (Lipinski definition) is 3. The van der Waals surface area contributed by atoms with Crippen LogP contribution < -0.4 is 10.6 Å². The van der Waals surface area contributed by atoms with Crippen molar-refractivity contribution in [2.45, 2.75) is 31.8 Å². The quantitative estimate of drug-likeness (QED) is 0.676. The molecular weight excluding hydrogens is 272 g/mol. The van der Waals surface area contributed by atoms with Crippen LogP contribution in [0.1, 0.15) is 18.9 Å². The van der Waals surface area contributed by atoms with Crippen molar-refractivity contribution in [1.82, 2.24) is 10.6 Å². The van der Waals surface area contributed by atoms with E-state index in [4.69, 9.17) is 4.74 Å². The van der Waals surface area contributed by atoms with Crippen molar-refractivity contribution in [2.24, 2.45) is 0 Å². The van der Waals surface area contributed by atoms with Crippen molar-refractivity contribution in [2.75, 3.05) is 13.7 Å². The van der Waals surface area contributed by atoms with Crippen LogP contribution in [0.2, 0.25) is 0 Å². The van der Waals surface area contributed by atoms with Crippen LogP contribution in [0, 0.1) is 0 Å². The number of ether oxygens (including phenoxy) is 1. The molecule has 21 heavy (non-hydrogen) atoms. The Hall–Kier alpha value is -2.08. The molecule has 0 aromatic heterocycles. The maximum absolute atomic E-state index is 11.9. The zero-order chi connectivity index (χ0) is 15.7. The molecule has 116 valence electrons. The Bertz CT molecular complexity index is 450. The van der Waals surface area contributed by atoms with Crippen molar-refractivity contribution in [3.63, 3.8) is 0 Å². The molecule has 2 atom stereocenters. The number of carbonyl (C=O) groups excluding carboxylic acids is 1. The van der Waals surface area contributed by atoms with Crippen molar-refractivity contribution in [3.05, 3.63) is 35.9 Å². The number of methoxy groups -OCH3 is 1. The second kappa shape index (κ2) is 8.97. The second-order valence-corrected chi connectivity index (χ2v) is 4.76. The standard InChI is InChI=1S/C15H22N2O4/c1-3-12(10-21-2)16-15(20)17-13(14(18)19)9-11-7-5-4-6-8-11/h4-8,12-13H,3,9-10H2,1-2H3,(H,18,19)(H2,16,17,20)/t12?,13-/m1/s1. The molecule has 1 aromatic rings. The lowest BCUT2D eigenvalue weighted by Gasteiger charge is -2.19. The highest BCUT2D eigenvalue weighted by atomic mass is 16.5. The molecule has 0 aliphatic rings. The van der Waals surface area contributed by atoms with Gasteiger partial charge < -0.3 is 20.5 Å². The molecule has 0 fully saturated rings. The maximum Gasteiger partial charge on any atom is 0.326 e. The Labute approximate surface area is 124 Å². The summed E-state index contributed by atoms with van der Waals surface area (Å²) in [5.41, 5.74) is 0.856. The van der Waals surface area contributed by atoms with Crippen molar-refractivity contribution in [3.8, 4) is 0 Å². The van der Waals surface area contributed by atoms with E-state index in [1.54, 1.807) is 7.11 Å². The van der Waals surface area contributed by atoms with Crippen LogP contribution in [0.15, 0.2) is 30.3 Å². The first-order valence-electron chi connectivity index (χ1n) is 6.89. The molecule has 3 N–H and O–H groups in total. The summed E-state index contributed by atoms with van der Waals surface area (Å²) in [5.74, 6) is -1.06. The number of rotatable bonds is 8. The SMILES string of the molecule is CCC(COC)NC(=O)N[C@H](Cc1ccccc1)C(=O)O. The Morgan fingerprint density at radius 1 is 1.24 bits per heavy atom. The van der Waals surface area contributed by atoms with Crippen molar-refractivity contribution >= 4 is 12.0 Å². The number of urea groups is 1. The van der Waals surface area contributed by atoms with Crippen LogP contribution in [0.5, 0.6) is 0 Å². The van der Waals surface area contributed by atoms with Gasteiger partial charge >= 0.3 is 12.0 Å². The minimum atomic E-state index is -1.06. The molecule has 0 heterocycles. The lowest BCUT2D eigenvalue weighted by molar-refractivity contribution is -0.139. The largest absolute Gasteiger partial charge is 0.480 e. The molecule has 0 saturated carbocycles. The number of carbonyl (C=O) groups is 2. The van der Waals surface area contributed by atoms with Gasteiger partial charge in [-0.2, -0.15) is 0 Å². The van der Waals surface area contributed by atoms with E-state index in [9.17, 15) is 14.7 Å². The van der Waals surface area contributed by atoms with Gasteiger partial charge in [-0.05, 0) is 12.0 Å². The normalized spacial score (nSPS) is 13.2. The van der Waals surface area contributed by atoms with Gasteiger partial charge in [0.05, 0.1) is 12.6 Å². The summed E-state index contributed by atoms with van der Waals surface area (Å²) in [6.07, 6.45) is 0.947. The summed E-state index contributed by atoms with van der Waals surface area (Å²) in [5, 5.41) is 14.4. The Morgan fingerprint density at radius 2 is 1.90 bits per heavy atom. The fraction of sp³-hybridized carbons (Fsp3) is 0.467. The fourth-order valence-electron chi connectivity index (χ4n) is 1.90. The third-order valence-electron chi connectivity index (χ3n) is 3.08. The lowest BCUT2D eigenvalue weighted by Crippen LogP contribution is -2.50. The molecule has 0 bridgehead atoms. The molecule has 2 amide bonds. The van der Waals surface area contributed by atoms with Crippen LogP contribution >= 0.6 is 0 Å². The van der Waals surface area contributed by atoms with Gasteiger partial charge in [0, 0.05) is 13.5 Å². The summed E-state index contributed by atoms with van der Waals surface area (Å²) in [4.78, 5) is 23.1. The molecule has 6 nitrogen and oxygen atoms in total. The van der Waals surface area contributed by atoms with Crippen molar-refractivity contribution < 1.29 is 19.4 Å². The number of benzene rings is 1. The highest BCUT2D eigenvalue weighted by Gasteiger charge is 2.21. The highest BCUT2D eigenvalue weighted by Crippen LogP contribution is 2.03. The molecule has 6 heteroatoms. The third kappa shape index (κ3) is 6.27. The van der Waals surface area contributed by atoms with Gasteiger partial charge in [0.15, 0.2) is 0 Å². The summed E-state index contributed by atoms with van der Waals surface area (Å²) >= 11 is 0. The van der Waals surface area contributed by atoms with Gasteiger partial charge in [-0.1, -0.05) is 37.3 Å². The zero-order valence-electron chi connectivity index (χ0n) is 12.3. The number of carboxylic acids is 1. The fourth-order valence-corrected chi connectivity index (χ4v) is 1.90. The first-order chi connectivity index (χ1) is 10.1. The minimum Gasteiger partial charge on any atom is -0.480 e. The topological polar surface area (TPSA) is 87.7 Å². The summed E-state index contributed by atoms with van der Waals surface area (Å²) in [6.45, 7) is 2.31. The van der Waals surface area contributed by atoms with Gasteiger partial charge in [0.2, 0.25) is 0 Å². The zero-order valence-corrected chi connectivity index (χ0v) is 12.3. The predicted octanol–water partition coefficient (Wildman–Crippen LogP) is 1.41. The second-order valence-electron chi connectivity index (χ2n) is 4.76. The molecule has 1 unspecified atom stereocenters. The van der Waals surface area contributed by atoms with E-state index in [2.05, 4.69) is 10.6 Å². The molecule has 0 saturated heterocycles. The van der Waals surface area contributed by atoms with Crippen LogP contribution in [0.3, 0.4) is 0 Å². The van der Waals surface area contributed by atoms with E-state index in [1.165, 1.54) is 0 Å². The van der Waals surface area contributed by atoms with E-state index in [-0.39, 0.29) is 12.5 Å². The Morgan fingerprint density at radius 3 is 2.43 bits per heavy atom. The van der Waals surface area contributed by atoms with Gasteiger partial charge in [-0.15, -0.1) is 0 Å². The summed E-state index contributed by atoms with van der Waals surface area (Å²) < 4.78 is 4.99. The first kappa shape index (κ1) is 17.0. The van der Waals surface area contributed by atoms with Crippen LogP contribution in [-0.4, -0.2) is 42.9 Å². The number of amides is 2. The smallest absolute Gasteiger partial charge is 0.326 e. The Kier molecular flexibility index (Phi) is 7.25. The van der Waals surface area contributed by atoms with Gasteiger partial charge in [0.25, 0.3) is 0 Å². The van der Waals surface area contributed by atoms with Gasteiger partial charge in [-0.25, -0.2) is 9.59 Å². The number of nitrogens with one attached hydrogen (secondary N) is 2. The lowest BCUT2D eigenvalue weighted by atomic mass is 10.1. The first-order valence-corrected chi connectivity index (χ1v) is 6.89. The van der Waals surface area contributed by atoms with E-state index in [0.717, 1.165) is 5.56 Å². The van der Waals surface area contributed by atoms with E-state index in [0.29, 0.717) is 13.0 Å². The monoisotopic (exact) mass is 294 g/mol. The van der Waals surface area contributed by atoms with E-state index >= 15 is 0 Å². The van der Waals surface area contributed by atoms with Gasteiger partial charge in [-0.3, -0.25) is 0 Å². The molecule has 1 rings (SSSR count). The molecule has 0 spiro atoms. The maximum atomic E-state index is 11.9. The molecule has 0 aliphatic heterocycles. The third-order valence-corrected chi connectivity index (χ3v) is 3.08. The van der Waals surface area contributed by atoms with E-state index in [1.807, 2.05) is 37.3 Å². The average Bonchev–Trinajstić information content (AvgIpc) is 2.47. The van der Waals surface area contributed by atoms with Gasteiger partial charge in [0.1, 0.15) is 6.04 Å². The predicted molar refractivity (Wildman–Crippen MR) is 79.2 cm³/mol. The molecular formula is C15H22N2O4. The van der Waals surface area contributed by atoms with E-state index < -0.39 is 18.0 Å². The van der Waals surface area contributed by atoms with Crippen molar-refractivity contribution in [1.29, 1.82) is 0 Å². The average molecular weight is 294 g/mol. The number of aliphatic carboxylic acids is 1. The summed E-state index contributed by atoms with van der Waals surface area (Å²) in [7, 11) is 1.55. The Balaban J connectivity index is 2.58. The molecule has 0 radical (unpaired) electrons. The highest BCUT2D eigenvalue weighted by molar-refractivity contribution is 5.82. The summed E-state index contributed by atoms with van der Waals surface area (Å²) in [6, 6.07) is 7.58. The van der Waals surface area contributed by atoms with Crippen LogP contribution in [-0.2, 0) is 16.0 Å². The number of carboxylic acid groups (broad SMARTS) is 1. The molecule has 1 aromatic carbocycles. The molecule has 0 aliphatic carbocycles.